The van der Waals surface area contributed by atoms with Gasteiger partial charge in [-0.3, -0.25) is 4.79 Å². The summed E-state index contributed by atoms with van der Waals surface area (Å²) in [6.07, 6.45) is 0. The third-order valence-electron chi connectivity index (χ3n) is 4.11. The molecule has 0 aliphatic carbocycles. The first-order valence-corrected chi connectivity index (χ1v) is 10.1. The number of ether oxygens (including phenoxy) is 1. The van der Waals surface area contributed by atoms with Crippen LogP contribution in [-0.2, 0) is 18.4 Å². The van der Waals surface area contributed by atoms with Gasteiger partial charge in [-0.25, -0.2) is 0 Å². The molecule has 28 heavy (non-hydrogen) atoms. The van der Waals surface area contributed by atoms with Crippen molar-refractivity contribution in [2.24, 2.45) is 7.05 Å². The van der Waals surface area contributed by atoms with Crippen molar-refractivity contribution in [3.05, 3.63) is 64.4 Å². The summed E-state index contributed by atoms with van der Waals surface area (Å²) in [4.78, 5) is 12.2. The third kappa shape index (κ3) is 5.05. The first kappa shape index (κ1) is 20.2. The van der Waals surface area contributed by atoms with E-state index in [0.717, 1.165) is 16.9 Å². The number of nitrogens with one attached hydrogen (secondary N) is 1. The Bertz CT molecular complexity index is 990. The van der Waals surface area contributed by atoms with Crippen molar-refractivity contribution >= 4 is 35.0 Å². The molecule has 0 aliphatic heterocycles. The van der Waals surface area contributed by atoms with Crippen LogP contribution < -0.4 is 10.1 Å². The van der Waals surface area contributed by atoms with Gasteiger partial charge in [-0.05, 0) is 43.2 Å². The molecule has 0 radical (unpaired) electrons. The van der Waals surface area contributed by atoms with Gasteiger partial charge >= 0.3 is 0 Å². The quantitative estimate of drug-likeness (QED) is 0.578. The van der Waals surface area contributed by atoms with Crippen molar-refractivity contribution in [2.45, 2.75) is 25.6 Å². The van der Waals surface area contributed by atoms with E-state index in [1.54, 1.807) is 12.1 Å². The van der Waals surface area contributed by atoms with Gasteiger partial charge in [-0.15, -0.1) is 10.2 Å². The fraction of sp³-hybridized carbons (Fsp3) is 0.250. The molecule has 2 aromatic carbocycles. The van der Waals surface area contributed by atoms with E-state index in [0.29, 0.717) is 28.3 Å². The Kier molecular flexibility index (Phi) is 6.59. The van der Waals surface area contributed by atoms with Gasteiger partial charge in [0.25, 0.3) is 0 Å². The summed E-state index contributed by atoms with van der Waals surface area (Å²) < 4.78 is 7.72. The summed E-state index contributed by atoms with van der Waals surface area (Å²) in [5, 5.41) is 12.3. The van der Waals surface area contributed by atoms with Crippen LogP contribution >= 0.6 is 23.4 Å². The number of benzene rings is 2. The summed E-state index contributed by atoms with van der Waals surface area (Å²) in [6, 6.07) is 13.2. The maximum atomic E-state index is 12.2. The topological polar surface area (TPSA) is 69.0 Å². The van der Waals surface area contributed by atoms with Crippen molar-refractivity contribution in [3.8, 4) is 5.75 Å². The van der Waals surface area contributed by atoms with Gasteiger partial charge < -0.3 is 14.6 Å². The summed E-state index contributed by atoms with van der Waals surface area (Å²) in [6.45, 7) is 4.33. The molecule has 0 aliphatic rings. The Morgan fingerprint density at radius 1 is 1.21 bits per heavy atom. The van der Waals surface area contributed by atoms with Gasteiger partial charge in [-0.2, -0.15) is 0 Å². The molecule has 0 saturated heterocycles. The average Bonchev–Trinajstić information content (AvgIpc) is 3.02. The second-order valence-corrected chi connectivity index (χ2v) is 7.68. The molecule has 0 unspecified atom stereocenters. The number of aryl methyl sites for hydroxylation is 2. The highest BCUT2D eigenvalue weighted by atomic mass is 35.5. The zero-order chi connectivity index (χ0) is 20.1. The van der Waals surface area contributed by atoms with Crippen LogP contribution in [0.15, 0.2) is 47.6 Å². The van der Waals surface area contributed by atoms with Crippen molar-refractivity contribution in [3.63, 3.8) is 0 Å². The summed E-state index contributed by atoms with van der Waals surface area (Å²) in [7, 11) is 1.86. The van der Waals surface area contributed by atoms with Crippen molar-refractivity contribution in [2.75, 3.05) is 11.1 Å². The normalized spacial score (nSPS) is 10.7. The average molecular weight is 417 g/mol. The van der Waals surface area contributed by atoms with Gasteiger partial charge in [0.1, 0.15) is 12.4 Å². The number of amides is 1. The first-order chi connectivity index (χ1) is 13.4. The molecule has 1 heterocycles. The standard InChI is InChI=1S/C20H21ClN4O2S/c1-13-8-9-14(2)17(10-13)27-11-18-23-24-20(25(18)3)28-12-19(26)22-16-7-5-4-6-15(16)21/h4-10H,11-12H2,1-3H3,(H,22,26). The molecule has 8 heteroatoms. The molecule has 146 valence electrons. The minimum atomic E-state index is -0.158. The highest BCUT2D eigenvalue weighted by molar-refractivity contribution is 7.99. The predicted molar refractivity (Wildman–Crippen MR) is 112 cm³/mol. The molecule has 1 N–H and O–H groups in total. The van der Waals surface area contributed by atoms with Crippen LogP contribution in [0.1, 0.15) is 17.0 Å². The molecule has 3 aromatic rings. The van der Waals surface area contributed by atoms with Crippen LogP contribution in [0.3, 0.4) is 0 Å². The molecule has 0 saturated carbocycles. The van der Waals surface area contributed by atoms with E-state index >= 15 is 0 Å². The number of hydrogen-bond acceptors (Lipinski definition) is 5. The van der Waals surface area contributed by atoms with E-state index in [1.807, 2.05) is 55.8 Å². The number of carbonyl (C=O) groups is 1. The van der Waals surface area contributed by atoms with E-state index in [-0.39, 0.29) is 11.7 Å². The molecule has 6 nitrogen and oxygen atoms in total. The lowest BCUT2D eigenvalue weighted by atomic mass is 10.1. The Morgan fingerprint density at radius 2 is 2.00 bits per heavy atom. The summed E-state index contributed by atoms with van der Waals surface area (Å²) >= 11 is 7.37. The van der Waals surface area contributed by atoms with Crippen LogP contribution in [-0.4, -0.2) is 26.4 Å². The molecule has 1 amide bonds. The van der Waals surface area contributed by atoms with Crippen LogP contribution in [0.5, 0.6) is 5.75 Å². The second-order valence-electron chi connectivity index (χ2n) is 6.33. The molecular formula is C20H21ClN4O2S. The lowest BCUT2D eigenvalue weighted by molar-refractivity contribution is -0.113. The number of aromatic nitrogens is 3. The van der Waals surface area contributed by atoms with Crippen molar-refractivity contribution in [1.82, 2.24) is 14.8 Å². The second kappa shape index (κ2) is 9.12. The minimum absolute atomic E-state index is 0.158. The Morgan fingerprint density at radius 3 is 2.79 bits per heavy atom. The molecule has 0 atom stereocenters. The number of anilines is 1. The molecule has 3 rings (SSSR count). The fourth-order valence-electron chi connectivity index (χ4n) is 2.48. The Balaban J connectivity index is 1.56. The largest absolute Gasteiger partial charge is 0.485 e. The van der Waals surface area contributed by atoms with Gasteiger partial charge in [-0.1, -0.05) is 47.6 Å². The number of para-hydroxylation sites is 1. The Hall–Kier alpha value is -2.51. The maximum absolute atomic E-state index is 12.2. The predicted octanol–water partition coefficient (Wildman–Crippen LogP) is 4.40. The number of thioether (sulfide) groups is 1. The smallest absolute Gasteiger partial charge is 0.234 e. The highest BCUT2D eigenvalue weighted by Gasteiger charge is 2.13. The summed E-state index contributed by atoms with van der Waals surface area (Å²) in [5.41, 5.74) is 2.80. The summed E-state index contributed by atoms with van der Waals surface area (Å²) in [5.74, 6) is 1.57. The molecule has 0 bridgehead atoms. The van der Waals surface area contributed by atoms with Gasteiger partial charge in [0.2, 0.25) is 5.91 Å². The molecule has 0 spiro atoms. The van der Waals surface area contributed by atoms with Gasteiger partial charge in [0.05, 0.1) is 16.5 Å². The van der Waals surface area contributed by atoms with Crippen LogP contribution in [0.25, 0.3) is 0 Å². The number of rotatable bonds is 7. The third-order valence-corrected chi connectivity index (χ3v) is 5.46. The SMILES string of the molecule is Cc1ccc(C)c(OCc2nnc(SCC(=O)Nc3ccccc3Cl)n2C)c1. The van der Waals surface area contributed by atoms with Gasteiger partial charge in [0.15, 0.2) is 11.0 Å². The molecule has 1 aromatic heterocycles. The molecule has 0 fully saturated rings. The zero-order valence-electron chi connectivity index (χ0n) is 15.9. The van der Waals surface area contributed by atoms with E-state index in [4.69, 9.17) is 16.3 Å². The van der Waals surface area contributed by atoms with Crippen LogP contribution in [0.2, 0.25) is 5.02 Å². The maximum Gasteiger partial charge on any atom is 0.234 e. The number of halogens is 1. The lowest BCUT2D eigenvalue weighted by Crippen LogP contribution is -2.14. The van der Waals surface area contributed by atoms with Crippen molar-refractivity contribution in [1.29, 1.82) is 0 Å². The van der Waals surface area contributed by atoms with E-state index in [9.17, 15) is 4.79 Å². The van der Waals surface area contributed by atoms with E-state index in [2.05, 4.69) is 15.5 Å². The fourth-order valence-corrected chi connectivity index (χ4v) is 3.39. The minimum Gasteiger partial charge on any atom is -0.485 e. The van der Waals surface area contributed by atoms with Crippen molar-refractivity contribution < 1.29 is 9.53 Å². The number of nitrogens with zero attached hydrogens (tertiary/aromatic N) is 3. The number of carbonyl (C=O) groups excluding carboxylic acids is 1. The highest BCUT2D eigenvalue weighted by Crippen LogP contribution is 2.23. The monoisotopic (exact) mass is 416 g/mol. The van der Waals surface area contributed by atoms with Crippen LogP contribution in [0.4, 0.5) is 5.69 Å². The first-order valence-electron chi connectivity index (χ1n) is 8.69. The number of hydrogen-bond donors (Lipinski definition) is 1. The van der Waals surface area contributed by atoms with E-state index < -0.39 is 0 Å². The van der Waals surface area contributed by atoms with Crippen LogP contribution in [0, 0.1) is 13.8 Å². The van der Waals surface area contributed by atoms with E-state index in [1.165, 1.54) is 11.8 Å². The lowest BCUT2D eigenvalue weighted by Gasteiger charge is -2.10. The zero-order valence-corrected chi connectivity index (χ0v) is 17.5. The Labute approximate surface area is 173 Å². The molecular weight excluding hydrogens is 396 g/mol. The van der Waals surface area contributed by atoms with Gasteiger partial charge in [0, 0.05) is 7.05 Å².